The molecular weight excluding hydrogens is 250 g/mol. The number of nitriles is 1. The molecule has 4 nitrogen and oxygen atoms in total. The van der Waals surface area contributed by atoms with Crippen LogP contribution in [0.5, 0.6) is 5.75 Å². The summed E-state index contributed by atoms with van der Waals surface area (Å²) >= 11 is 0. The fraction of sp³-hybridized carbons (Fsp3) is 0.462. The zero-order valence-corrected chi connectivity index (χ0v) is 11.7. The van der Waals surface area contributed by atoms with E-state index in [4.69, 9.17) is 10.00 Å². The van der Waals surface area contributed by atoms with Gasteiger partial charge in [0.25, 0.3) is 0 Å². The van der Waals surface area contributed by atoms with E-state index >= 15 is 0 Å². The molecule has 0 bridgehead atoms. The Kier molecular flexibility index (Phi) is 4.74. The first-order valence-corrected chi connectivity index (χ1v) is 7.71. The van der Waals surface area contributed by atoms with Crippen molar-refractivity contribution in [3.8, 4) is 11.8 Å². The van der Waals surface area contributed by atoms with Crippen molar-refractivity contribution in [1.82, 2.24) is 0 Å². The van der Waals surface area contributed by atoms with E-state index < -0.39 is 9.84 Å². The van der Waals surface area contributed by atoms with Crippen LogP contribution >= 0.6 is 0 Å². The molecule has 1 rings (SSSR count). The molecule has 0 heterocycles. The number of nitrogens with zero attached hydrogens (tertiary/aromatic N) is 1. The van der Waals surface area contributed by atoms with Crippen molar-refractivity contribution in [2.24, 2.45) is 0 Å². The average Bonchev–Trinajstić information content (AvgIpc) is 2.25. The smallest absolute Gasteiger partial charge is 0.147 e. The van der Waals surface area contributed by atoms with Crippen LogP contribution in [0.25, 0.3) is 0 Å². The standard InChI is InChI=1S/C13H17NO3S/c1-10-7-12(9-14)8-11(2)13(10)17-5-4-6-18(3,15)16/h7-8H,4-6H2,1-3H3. The summed E-state index contributed by atoms with van der Waals surface area (Å²) in [7, 11) is -2.93. The molecule has 98 valence electrons. The van der Waals surface area contributed by atoms with Crippen LogP contribution in [0.1, 0.15) is 23.1 Å². The first-order valence-electron chi connectivity index (χ1n) is 5.65. The summed E-state index contributed by atoms with van der Waals surface area (Å²) in [5.74, 6) is 0.865. The second-order valence-electron chi connectivity index (χ2n) is 4.38. The summed E-state index contributed by atoms with van der Waals surface area (Å²) < 4.78 is 27.5. The minimum absolute atomic E-state index is 0.126. The molecule has 0 N–H and O–H groups in total. The van der Waals surface area contributed by atoms with Crippen LogP contribution in [-0.2, 0) is 9.84 Å². The van der Waals surface area contributed by atoms with Crippen molar-refractivity contribution in [2.75, 3.05) is 18.6 Å². The molecule has 18 heavy (non-hydrogen) atoms. The van der Waals surface area contributed by atoms with E-state index in [1.54, 1.807) is 12.1 Å². The highest BCUT2D eigenvalue weighted by molar-refractivity contribution is 7.90. The Labute approximate surface area is 108 Å². The van der Waals surface area contributed by atoms with Crippen LogP contribution in [0.4, 0.5) is 0 Å². The lowest BCUT2D eigenvalue weighted by molar-refractivity contribution is 0.313. The van der Waals surface area contributed by atoms with Gasteiger partial charge in [0.15, 0.2) is 0 Å². The minimum atomic E-state index is -2.93. The third kappa shape index (κ3) is 4.38. The Morgan fingerprint density at radius 3 is 2.28 bits per heavy atom. The second-order valence-corrected chi connectivity index (χ2v) is 6.64. The van der Waals surface area contributed by atoms with E-state index in [9.17, 15) is 8.42 Å². The lowest BCUT2D eigenvalue weighted by Crippen LogP contribution is -2.09. The van der Waals surface area contributed by atoms with Crippen molar-refractivity contribution >= 4 is 9.84 Å². The molecule has 1 aromatic carbocycles. The Morgan fingerprint density at radius 2 is 1.83 bits per heavy atom. The lowest BCUT2D eigenvalue weighted by atomic mass is 10.1. The average molecular weight is 267 g/mol. The molecule has 0 aromatic heterocycles. The first-order chi connectivity index (χ1) is 8.33. The van der Waals surface area contributed by atoms with E-state index in [0.29, 0.717) is 18.6 Å². The van der Waals surface area contributed by atoms with Crippen LogP contribution in [0, 0.1) is 25.2 Å². The molecule has 5 heteroatoms. The Hall–Kier alpha value is -1.54. The molecule has 0 aliphatic heterocycles. The summed E-state index contributed by atoms with van der Waals surface area (Å²) in [6.07, 6.45) is 1.68. The van der Waals surface area contributed by atoms with Crippen molar-refractivity contribution in [1.29, 1.82) is 5.26 Å². The lowest BCUT2D eigenvalue weighted by Gasteiger charge is -2.12. The molecular formula is C13H17NO3S. The molecule has 0 spiro atoms. The minimum Gasteiger partial charge on any atom is -0.493 e. The molecule has 0 atom stereocenters. The van der Waals surface area contributed by atoms with E-state index in [1.807, 2.05) is 13.8 Å². The van der Waals surface area contributed by atoms with Gasteiger partial charge in [-0.2, -0.15) is 5.26 Å². The molecule has 0 aliphatic carbocycles. The molecule has 1 aromatic rings. The molecule has 0 amide bonds. The molecule has 0 saturated carbocycles. The van der Waals surface area contributed by atoms with Gasteiger partial charge in [0.1, 0.15) is 15.6 Å². The van der Waals surface area contributed by atoms with Crippen LogP contribution < -0.4 is 4.74 Å². The Balaban J connectivity index is 2.66. The highest BCUT2D eigenvalue weighted by Crippen LogP contribution is 2.24. The van der Waals surface area contributed by atoms with Gasteiger partial charge >= 0.3 is 0 Å². The number of sulfone groups is 1. The highest BCUT2D eigenvalue weighted by atomic mass is 32.2. The van der Waals surface area contributed by atoms with Gasteiger partial charge in [-0.3, -0.25) is 0 Å². The molecule has 0 radical (unpaired) electrons. The Bertz CT molecular complexity index is 547. The van der Waals surface area contributed by atoms with Crippen LogP contribution in [0.2, 0.25) is 0 Å². The maximum atomic E-state index is 11.0. The second kappa shape index (κ2) is 5.87. The summed E-state index contributed by atoms with van der Waals surface area (Å²) in [5, 5.41) is 8.82. The van der Waals surface area contributed by atoms with Crippen LogP contribution in [0.3, 0.4) is 0 Å². The quantitative estimate of drug-likeness (QED) is 0.765. The van der Waals surface area contributed by atoms with Crippen molar-refractivity contribution in [2.45, 2.75) is 20.3 Å². The normalized spacial score (nSPS) is 11.0. The first kappa shape index (κ1) is 14.5. The summed E-state index contributed by atoms with van der Waals surface area (Å²) in [5.41, 5.74) is 2.39. The zero-order chi connectivity index (χ0) is 13.8. The third-order valence-electron chi connectivity index (χ3n) is 2.50. The summed E-state index contributed by atoms with van der Waals surface area (Å²) in [6.45, 7) is 4.11. The van der Waals surface area contributed by atoms with Gasteiger partial charge in [-0.05, 0) is 43.5 Å². The predicted octanol–water partition coefficient (Wildman–Crippen LogP) is 1.99. The molecule has 0 aliphatic rings. The Morgan fingerprint density at radius 1 is 1.28 bits per heavy atom. The van der Waals surface area contributed by atoms with E-state index in [2.05, 4.69) is 6.07 Å². The topological polar surface area (TPSA) is 67.2 Å². The summed E-state index contributed by atoms with van der Waals surface area (Å²) in [6, 6.07) is 5.61. The highest BCUT2D eigenvalue weighted by Gasteiger charge is 2.07. The van der Waals surface area contributed by atoms with Gasteiger partial charge in [0.05, 0.1) is 24.0 Å². The number of aryl methyl sites for hydroxylation is 2. The summed E-state index contributed by atoms with van der Waals surface area (Å²) in [4.78, 5) is 0. The SMILES string of the molecule is Cc1cc(C#N)cc(C)c1OCCCS(C)(=O)=O. The van der Waals surface area contributed by atoms with E-state index in [1.165, 1.54) is 6.26 Å². The van der Waals surface area contributed by atoms with Gasteiger partial charge in [0, 0.05) is 6.26 Å². The van der Waals surface area contributed by atoms with Gasteiger partial charge in [-0.1, -0.05) is 0 Å². The zero-order valence-electron chi connectivity index (χ0n) is 10.9. The molecule has 0 saturated heterocycles. The fourth-order valence-electron chi connectivity index (χ4n) is 1.74. The maximum absolute atomic E-state index is 11.0. The van der Waals surface area contributed by atoms with Crippen molar-refractivity contribution < 1.29 is 13.2 Å². The number of ether oxygens (including phenoxy) is 1. The number of benzene rings is 1. The van der Waals surface area contributed by atoms with Crippen LogP contribution in [0.15, 0.2) is 12.1 Å². The van der Waals surface area contributed by atoms with E-state index in [0.717, 1.165) is 16.9 Å². The van der Waals surface area contributed by atoms with Gasteiger partial charge in [0.2, 0.25) is 0 Å². The fourth-order valence-corrected chi connectivity index (χ4v) is 2.38. The van der Waals surface area contributed by atoms with Crippen LogP contribution in [-0.4, -0.2) is 27.0 Å². The maximum Gasteiger partial charge on any atom is 0.147 e. The van der Waals surface area contributed by atoms with E-state index in [-0.39, 0.29) is 5.75 Å². The largest absolute Gasteiger partial charge is 0.493 e. The van der Waals surface area contributed by atoms with Crippen molar-refractivity contribution in [3.63, 3.8) is 0 Å². The predicted molar refractivity (Wildman–Crippen MR) is 70.5 cm³/mol. The molecule has 0 unspecified atom stereocenters. The molecule has 0 fully saturated rings. The number of rotatable bonds is 5. The number of hydrogen-bond acceptors (Lipinski definition) is 4. The monoisotopic (exact) mass is 267 g/mol. The van der Waals surface area contributed by atoms with Crippen molar-refractivity contribution in [3.05, 3.63) is 28.8 Å². The third-order valence-corrected chi connectivity index (χ3v) is 3.53. The van der Waals surface area contributed by atoms with Gasteiger partial charge < -0.3 is 4.74 Å². The number of hydrogen-bond donors (Lipinski definition) is 0. The van der Waals surface area contributed by atoms with Gasteiger partial charge in [-0.15, -0.1) is 0 Å². The van der Waals surface area contributed by atoms with Gasteiger partial charge in [-0.25, -0.2) is 8.42 Å².